The third-order valence-corrected chi connectivity index (χ3v) is 3.50. The summed E-state index contributed by atoms with van der Waals surface area (Å²) >= 11 is 0. The predicted molar refractivity (Wildman–Crippen MR) is 71.3 cm³/mol. The lowest BCUT2D eigenvalue weighted by Crippen LogP contribution is -2.34. The second kappa shape index (κ2) is 5.38. The summed E-state index contributed by atoms with van der Waals surface area (Å²) in [6.45, 7) is 3.91. The van der Waals surface area contributed by atoms with Gasteiger partial charge in [-0.25, -0.2) is 0 Å². The van der Waals surface area contributed by atoms with Gasteiger partial charge < -0.3 is 15.1 Å². The number of benzene rings is 1. The van der Waals surface area contributed by atoms with E-state index in [1.807, 2.05) is 6.07 Å². The topological polar surface area (TPSA) is 37.2 Å². The van der Waals surface area contributed by atoms with Crippen LogP contribution in [0.2, 0.25) is 0 Å². The summed E-state index contributed by atoms with van der Waals surface area (Å²) < 4.78 is 5.06. The summed E-state index contributed by atoms with van der Waals surface area (Å²) in [5.41, 5.74) is 4.11. The third-order valence-electron chi connectivity index (χ3n) is 3.50. The molecule has 0 radical (unpaired) electrons. The van der Waals surface area contributed by atoms with E-state index in [-0.39, 0.29) is 0 Å². The van der Waals surface area contributed by atoms with Crippen LogP contribution in [0.4, 0.5) is 0 Å². The highest BCUT2D eigenvalue weighted by molar-refractivity contribution is 5.32. The van der Waals surface area contributed by atoms with Gasteiger partial charge in [0.05, 0.1) is 12.5 Å². The minimum atomic E-state index is 0.557. The van der Waals surface area contributed by atoms with Gasteiger partial charge in [0.1, 0.15) is 0 Å². The molecule has 2 heterocycles. The lowest BCUT2D eigenvalue weighted by Gasteiger charge is -2.26. The molecule has 1 aliphatic heterocycles. The van der Waals surface area contributed by atoms with Crippen molar-refractivity contribution in [1.29, 1.82) is 0 Å². The first-order valence-corrected chi connectivity index (χ1v) is 6.44. The van der Waals surface area contributed by atoms with Crippen molar-refractivity contribution in [2.45, 2.75) is 19.0 Å². The lowest BCUT2D eigenvalue weighted by atomic mass is 9.91. The zero-order valence-electron chi connectivity index (χ0n) is 10.4. The van der Waals surface area contributed by atoms with E-state index in [0.717, 1.165) is 26.2 Å². The fourth-order valence-corrected chi connectivity index (χ4v) is 2.55. The summed E-state index contributed by atoms with van der Waals surface area (Å²) in [7, 11) is 0. The molecular weight excluding hydrogens is 224 g/mol. The molecule has 1 aliphatic rings. The van der Waals surface area contributed by atoms with Crippen molar-refractivity contribution in [3.63, 3.8) is 0 Å². The van der Waals surface area contributed by atoms with Gasteiger partial charge in [-0.2, -0.15) is 0 Å². The number of hydrogen-bond donors (Lipinski definition) is 2. The van der Waals surface area contributed by atoms with Crippen LogP contribution >= 0.6 is 0 Å². The molecule has 2 N–H and O–H groups in total. The fraction of sp³-hybridized carbons (Fsp3) is 0.333. The molecule has 1 aromatic heterocycles. The van der Waals surface area contributed by atoms with Crippen molar-refractivity contribution in [3.8, 4) is 0 Å². The van der Waals surface area contributed by atoms with Crippen LogP contribution in [0.5, 0.6) is 0 Å². The molecule has 0 aliphatic carbocycles. The van der Waals surface area contributed by atoms with Gasteiger partial charge in [-0.15, -0.1) is 0 Å². The highest BCUT2D eigenvalue weighted by Crippen LogP contribution is 2.23. The summed E-state index contributed by atoms with van der Waals surface area (Å²) in [6.07, 6.45) is 3.51. The monoisotopic (exact) mass is 242 g/mol. The Hall–Kier alpha value is -1.58. The SMILES string of the molecule is c1ccc2c(c1)CNCC2CNCc1ccoc1. The van der Waals surface area contributed by atoms with Gasteiger partial charge >= 0.3 is 0 Å². The molecule has 1 unspecified atom stereocenters. The van der Waals surface area contributed by atoms with Crippen molar-refractivity contribution >= 4 is 0 Å². The van der Waals surface area contributed by atoms with Crippen molar-refractivity contribution in [3.05, 3.63) is 59.5 Å². The largest absolute Gasteiger partial charge is 0.472 e. The van der Waals surface area contributed by atoms with Gasteiger partial charge in [-0.05, 0) is 17.2 Å². The molecule has 94 valence electrons. The van der Waals surface area contributed by atoms with Crippen LogP contribution in [0.15, 0.2) is 47.3 Å². The molecule has 3 heteroatoms. The van der Waals surface area contributed by atoms with Crippen molar-refractivity contribution in [2.24, 2.45) is 0 Å². The van der Waals surface area contributed by atoms with Crippen molar-refractivity contribution in [2.75, 3.05) is 13.1 Å². The predicted octanol–water partition coefficient (Wildman–Crippen LogP) is 2.26. The Morgan fingerprint density at radius 1 is 1.28 bits per heavy atom. The van der Waals surface area contributed by atoms with Crippen LogP contribution < -0.4 is 10.6 Å². The minimum Gasteiger partial charge on any atom is -0.472 e. The maximum atomic E-state index is 5.06. The maximum Gasteiger partial charge on any atom is 0.0947 e. The quantitative estimate of drug-likeness (QED) is 0.863. The van der Waals surface area contributed by atoms with Crippen molar-refractivity contribution in [1.82, 2.24) is 10.6 Å². The highest BCUT2D eigenvalue weighted by Gasteiger charge is 2.18. The summed E-state index contributed by atoms with van der Waals surface area (Å²) in [5.74, 6) is 0.557. The average Bonchev–Trinajstić information content (AvgIpc) is 2.92. The minimum absolute atomic E-state index is 0.557. The molecule has 0 fully saturated rings. The van der Waals surface area contributed by atoms with Gasteiger partial charge in [0.25, 0.3) is 0 Å². The van der Waals surface area contributed by atoms with Crippen LogP contribution in [-0.2, 0) is 13.1 Å². The van der Waals surface area contributed by atoms with E-state index >= 15 is 0 Å². The van der Waals surface area contributed by atoms with Gasteiger partial charge in [0.15, 0.2) is 0 Å². The first-order valence-electron chi connectivity index (χ1n) is 6.44. The molecule has 0 saturated carbocycles. The number of fused-ring (bicyclic) bond motifs is 1. The van der Waals surface area contributed by atoms with Crippen LogP contribution in [-0.4, -0.2) is 13.1 Å². The van der Waals surface area contributed by atoms with E-state index in [1.165, 1.54) is 16.7 Å². The molecule has 0 spiro atoms. The van der Waals surface area contributed by atoms with E-state index in [2.05, 4.69) is 34.9 Å². The van der Waals surface area contributed by atoms with E-state index in [4.69, 9.17) is 4.42 Å². The highest BCUT2D eigenvalue weighted by atomic mass is 16.3. The Bertz CT molecular complexity index is 493. The van der Waals surface area contributed by atoms with Crippen LogP contribution in [0.3, 0.4) is 0 Å². The molecular formula is C15H18N2O. The Kier molecular flexibility index (Phi) is 3.44. The van der Waals surface area contributed by atoms with Crippen LogP contribution in [0.25, 0.3) is 0 Å². The molecule has 3 rings (SSSR count). The Labute approximate surface area is 107 Å². The summed E-state index contributed by atoms with van der Waals surface area (Å²) in [4.78, 5) is 0. The lowest BCUT2D eigenvalue weighted by molar-refractivity contribution is 0.501. The Balaban J connectivity index is 1.60. The molecule has 0 saturated heterocycles. The number of rotatable bonds is 4. The smallest absolute Gasteiger partial charge is 0.0947 e. The Morgan fingerprint density at radius 2 is 2.22 bits per heavy atom. The number of furan rings is 1. The number of hydrogen-bond acceptors (Lipinski definition) is 3. The summed E-state index contributed by atoms with van der Waals surface area (Å²) in [6, 6.07) is 10.7. The van der Waals surface area contributed by atoms with E-state index in [9.17, 15) is 0 Å². The molecule has 18 heavy (non-hydrogen) atoms. The molecule has 1 aromatic carbocycles. The first-order chi connectivity index (χ1) is 8.93. The zero-order valence-corrected chi connectivity index (χ0v) is 10.4. The second-order valence-corrected chi connectivity index (χ2v) is 4.79. The first kappa shape index (κ1) is 11.5. The molecule has 0 amide bonds. The Morgan fingerprint density at radius 3 is 3.11 bits per heavy atom. The molecule has 2 aromatic rings. The van der Waals surface area contributed by atoms with E-state index < -0.39 is 0 Å². The fourth-order valence-electron chi connectivity index (χ4n) is 2.55. The molecule has 3 nitrogen and oxygen atoms in total. The third kappa shape index (κ3) is 2.47. The number of nitrogens with one attached hydrogen (secondary N) is 2. The van der Waals surface area contributed by atoms with Gasteiger partial charge in [-0.3, -0.25) is 0 Å². The normalized spacial score (nSPS) is 18.6. The van der Waals surface area contributed by atoms with Gasteiger partial charge in [0, 0.05) is 37.7 Å². The standard InChI is InChI=1S/C15H18N2O/c1-2-4-15-13(3-1)8-17-10-14(15)9-16-7-12-5-6-18-11-12/h1-6,11,14,16-17H,7-10H2. The average molecular weight is 242 g/mol. The van der Waals surface area contributed by atoms with Crippen LogP contribution in [0, 0.1) is 0 Å². The molecule has 0 bridgehead atoms. The molecule has 1 atom stereocenters. The zero-order chi connectivity index (χ0) is 12.2. The van der Waals surface area contributed by atoms with Crippen molar-refractivity contribution < 1.29 is 4.42 Å². The van der Waals surface area contributed by atoms with Gasteiger partial charge in [-0.1, -0.05) is 24.3 Å². The van der Waals surface area contributed by atoms with E-state index in [1.54, 1.807) is 12.5 Å². The maximum absolute atomic E-state index is 5.06. The second-order valence-electron chi connectivity index (χ2n) is 4.79. The summed E-state index contributed by atoms with van der Waals surface area (Å²) in [5, 5.41) is 6.97. The van der Waals surface area contributed by atoms with Gasteiger partial charge in [0.2, 0.25) is 0 Å². The van der Waals surface area contributed by atoms with Crippen LogP contribution in [0.1, 0.15) is 22.6 Å². The van der Waals surface area contributed by atoms with E-state index in [0.29, 0.717) is 5.92 Å².